The van der Waals surface area contributed by atoms with Crippen molar-refractivity contribution in [3.8, 4) is 0 Å². The standard InChI is InChI=1S/C23H35N7O4/c1-6-7-11-29(20-21(24)30(12-15(2)3)23(34)27-22(20)33)19(32)14-28(5)13-18(31)26-17-10-8-9-16(4)25-17/h8-10,15H,6-7,11-14,24H2,1-5H3,(H,25,26,31)(H,27,33,34). The molecule has 0 spiro atoms. The molecular formula is C23H35N7O4. The number of nitrogens with zero attached hydrogens (tertiary/aromatic N) is 4. The quantitative estimate of drug-likeness (QED) is 0.444. The fourth-order valence-electron chi connectivity index (χ4n) is 3.47. The van der Waals surface area contributed by atoms with Crippen LogP contribution in [0.4, 0.5) is 17.3 Å². The first kappa shape index (κ1) is 26.8. The van der Waals surface area contributed by atoms with Gasteiger partial charge in [0.15, 0.2) is 5.69 Å². The molecule has 2 aromatic heterocycles. The molecule has 0 saturated heterocycles. The second-order valence-corrected chi connectivity index (χ2v) is 8.78. The molecule has 11 heteroatoms. The van der Waals surface area contributed by atoms with Gasteiger partial charge in [0.25, 0.3) is 5.56 Å². The number of aromatic amines is 1. The van der Waals surface area contributed by atoms with E-state index in [1.165, 1.54) is 9.47 Å². The number of pyridine rings is 1. The number of carbonyl (C=O) groups is 2. The highest BCUT2D eigenvalue weighted by Crippen LogP contribution is 2.19. The number of unbranched alkanes of at least 4 members (excludes halogenated alkanes) is 1. The van der Waals surface area contributed by atoms with E-state index in [1.54, 1.807) is 24.1 Å². The Kier molecular flexibility index (Phi) is 9.55. The van der Waals surface area contributed by atoms with Gasteiger partial charge in [-0.3, -0.25) is 28.8 Å². The van der Waals surface area contributed by atoms with Crippen LogP contribution in [0, 0.1) is 12.8 Å². The number of rotatable bonds is 11. The number of aromatic nitrogens is 3. The van der Waals surface area contributed by atoms with E-state index in [4.69, 9.17) is 5.73 Å². The summed E-state index contributed by atoms with van der Waals surface area (Å²) in [5.41, 5.74) is 5.63. The molecule has 0 atom stereocenters. The van der Waals surface area contributed by atoms with Crippen LogP contribution in [0.3, 0.4) is 0 Å². The zero-order valence-electron chi connectivity index (χ0n) is 20.6. The number of hydrogen-bond donors (Lipinski definition) is 3. The average Bonchev–Trinajstić information content (AvgIpc) is 2.72. The number of hydrogen-bond acceptors (Lipinski definition) is 7. The number of anilines is 3. The summed E-state index contributed by atoms with van der Waals surface area (Å²) in [7, 11) is 1.63. The van der Waals surface area contributed by atoms with Crippen LogP contribution in [0.2, 0.25) is 0 Å². The van der Waals surface area contributed by atoms with Crippen LogP contribution in [-0.4, -0.2) is 57.9 Å². The first-order valence-electron chi connectivity index (χ1n) is 11.4. The Morgan fingerprint density at radius 1 is 1.24 bits per heavy atom. The van der Waals surface area contributed by atoms with Crippen molar-refractivity contribution in [2.45, 2.75) is 47.1 Å². The summed E-state index contributed by atoms with van der Waals surface area (Å²) in [6.07, 6.45) is 1.42. The van der Waals surface area contributed by atoms with Gasteiger partial charge in [0.05, 0.1) is 13.1 Å². The minimum absolute atomic E-state index is 0.0412. The summed E-state index contributed by atoms with van der Waals surface area (Å²) in [5, 5.41) is 2.70. The zero-order chi connectivity index (χ0) is 25.4. The van der Waals surface area contributed by atoms with E-state index < -0.39 is 17.2 Å². The Balaban J connectivity index is 2.21. The number of carbonyl (C=O) groups excluding carboxylic acids is 2. The average molecular weight is 474 g/mol. The molecule has 0 bridgehead atoms. The van der Waals surface area contributed by atoms with Crippen LogP contribution in [0.1, 0.15) is 39.3 Å². The normalized spacial score (nSPS) is 11.1. The van der Waals surface area contributed by atoms with Gasteiger partial charge < -0.3 is 16.0 Å². The third-order valence-corrected chi connectivity index (χ3v) is 5.04. The molecule has 2 rings (SSSR count). The molecule has 0 radical (unpaired) electrons. The topological polar surface area (TPSA) is 146 Å². The van der Waals surface area contributed by atoms with E-state index in [0.29, 0.717) is 18.8 Å². The van der Waals surface area contributed by atoms with Gasteiger partial charge in [-0.15, -0.1) is 0 Å². The highest BCUT2D eigenvalue weighted by molar-refractivity contribution is 5.97. The molecule has 0 unspecified atom stereocenters. The largest absolute Gasteiger partial charge is 0.383 e. The molecule has 186 valence electrons. The number of amides is 2. The molecule has 0 aliphatic rings. The van der Waals surface area contributed by atoms with Crippen molar-refractivity contribution in [3.05, 3.63) is 44.7 Å². The van der Waals surface area contributed by atoms with Crippen molar-refractivity contribution in [1.82, 2.24) is 19.4 Å². The van der Waals surface area contributed by atoms with Gasteiger partial charge in [-0.25, -0.2) is 9.78 Å². The van der Waals surface area contributed by atoms with Crippen LogP contribution in [0.15, 0.2) is 27.8 Å². The predicted octanol–water partition coefficient (Wildman–Crippen LogP) is 1.18. The summed E-state index contributed by atoms with van der Waals surface area (Å²) in [6.45, 7) is 8.01. The maximum Gasteiger partial charge on any atom is 0.330 e. The van der Waals surface area contributed by atoms with Crippen LogP contribution in [0.5, 0.6) is 0 Å². The Hall–Kier alpha value is -3.47. The Morgan fingerprint density at radius 2 is 1.94 bits per heavy atom. The van der Waals surface area contributed by atoms with Crippen molar-refractivity contribution in [2.75, 3.05) is 42.6 Å². The van der Waals surface area contributed by atoms with E-state index in [9.17, 15) is 19.2 Å². The third-order valence-electron chi connectivity index (χ3n) is 5.04. The highest BCUT2D eigenvalue weighted by atomic mass is 16.2. The zero-order valence-corrected chi connectivity index (χ0v) is 20.6. The number of nitrogen functional groups attached to an aromatic ring is 1. The Bertz CT molecular complexity index is 1120. The molecule has 11 nitrogen and oxygen atoms in total. The second-order valence-electron chi connectivity index (χ2n) is 8.78. The number of nitrogens with two attached hydrogens (primary N) is 1. The van der Waals surface area contributed by atoms with Gasteiger partial charge >= 0.3 is 5.69 Å². The lowest BCUT2D eigenvalue weighted by Crippen LogP contribution is -2.46. The van der Waals surface area contributed by atoms with E-state index in [-0.39, 0.29) is 43.0 Å². The fraction of sp³-hybridized carbons (Fsp3) is 0.522. The Morgan fingerprint density at radius 3 is 2.56 bits per heavy atom. The van der Waals surface area contributed by atoms with Gasteiger partial charge in [-0.2, -0.15) is 0 Å². The second kappa shape index (κ2) is 12.1. The number of likely N-dealkylation sites (N-methyl/N-ethyl adjacent to an activating group) is 1. The van der Waals surface area contributed by atoms with Gasteiger partial charge in [0, 0.05) is 18.8 Å². The summed E-state index contributed by atoms with van der Waals surface area (Å²) in [6, 6.07) is 5.30. The summed E-state index contributed by atoms with van der Waals surface area (Å²) in [4.78, 5) is 59.9. The van der Waals surface area contributed by atoms with E-state index in [0.717, 1.165) is 12.1 Å². The lowest BCUT2D eigenvalue weighted by Gasteiger charge is -2.26. The molecular weight excluding hydrogens is 438 g/mol. The van der Waals surface area contributed by atoms with Crippen LogP contribution in [-0.2, 0) is 16.1 Å². The van der Waals surface area contributed by atoms with E-state index in [2.05, 4.69) is 15.3 Å². The van der Waals surface area contributed by atoms with Crippen molar-refractivity contribution in [1.29, 1.82) is 0 Å². The van der Waals surface area contributed by atoms with Gasteiger partial charge in [0.2, 0.25) is 11.8 Å². The molecule has 4 N–H and O–H groups in total. The van der Waals surface area contributed by atoms with Crippen molar-refractivity contribution in [2.24, 2.45) is 5.92 Å². The van der Waals surface area contributed by atoms with Gasteiger partial charge in [-0.1, -0.05) is 33.3 Å². The summed E-state index contributed by atoms with van der Waals surface area (Å²) in [5.74, 6) is -0.231. The maximum atomic E-state index is 13.2. The van der Waals surface area contributed by atoms with Gasteiger partial charge in [-0.05, 0) is 38.4 Å². The number of aryl methyl sites for hydroxylation is 1. The lowest BCUT2D eigenvalue weighted by molar-refractivity contribution is -0.121. The van der Waals surface area contributed by atoms with Crippen LogP contribution in [0.25, 0.3) is 0 Å². The molecule has 0 aromatic carbocycles. The molecule has 2 amide bonds. The number of nitrogens with one attached hydrogen (secondary N) is 2. The first-order valence-corrected chi connectivity index (χ1v) is 11.4. The van der Waals surface area contributed by atoms with Gasteiger partial charge in [0.1, 0.15) is 11.6 Å². The maximum absolute atomic E-state index is 13.2. The lowest BCUT2D eigenvalue weighted by atomic mass is 10.2. The summed E-state index contributed by atoms with van der Waals surface area (Å²) < 4.78 is 1.28. The third kappa shape index (κ3) is 7.27. The molecule has 0 saturated carbocycles. The molecule has 2 aromatic rings. The molecule has 34 heavy (non-hydrogen) atoms. The SMILES string of the molecule is CCCCN(C(=O)CN(C)CC(=O)Nc1cccc(C)n1)c1c(N)n(CC(C)C)c(=O)[nH]c1=O. The van der Waals surface area contributed by atoms with Crippen molar-refractivity contribution in [3.63, 3.8) is 0 Å². The number of H-pyrrole nitrogens is 1. The summed E-state index contributed by atoms with van der Waals surface area (Å²) >= 11 is 0. The first-order chi connectivity index (χ1) is 16.0. The fourth-order valence-corrected chi connectivity index (χ4v) is 3.47. The monoisotopic (exact) mass is 473 g/mol. The van der Waals surface area contributed by atoms with E-state index in [1.807, 2.05) is 33.8 Å². The molecule has 2 heterocycles. The molecule has 0 aliphatic carbocycles. The minimum atomic E-state index is -0.710. The molecule has 0 aliphatic heterocycles. The minimum Gasteiger partial charge on any atom is -0.383 e. The van der Waals surface area contributed by atoms with E-state index >= 15 is 0 Å². The van der Waals surface area contributed by atoms with Crippen LogP contribution < -0.4 is 27.2 Å². The smallest absolute Gasteiger partial charge is 0.330 e. The molecule has 0 fully saturated rings. The van der Waals surface area contributed by atoms with Crippen LogP contribution >= 0.6 is 0 Å². The van der Waals surface area contributed by atoms with Crippen molar-refractivity contribution >= 4 is 29.1 Å². The predicted molar refractivity (Wildman–Crippen MR) is 133 cm³/mol. The highest BCUT2D eigenvalue weighted by Gasteiger charge is 2.25. The van der Waals surface area contributed by atoms with Crippen molar-refractivity contribution < 1.29 is 9.59 Å². The Labute approximate surface area is 199 Å².